The number of nitrogens with two attached hydrogens (primary N) is 1. The van der Waals surface area contributed by atoms with Gasteiger partial charge in [-0.1, -0.05) is 11.8 Å². The van der Waals surface area contributed by atoms with Crippen LogP contribution in [0, 0.1) is 5.92 Å². The van der Waals surface area contributed by atoms with E-state index in [0.717, 1.165) is 36.0 Å². The highest BCUT2D eigenvalue weighted by atomic mass is 32.2. The van der Waals surface area contributed by atoms with Crippen molar-refractivity contribution in [1.29, 1.82) is 0 Å². The zero-order chi connectivity index (χ0) is 14.1. The highest BCUT2D eigenvalue weighted by Gasteiger charge is 2.34. The average Bonchev–Trinajstić information content (AvgIpc) is 2.46. The first-order valence-electron chi connectivity index (χ1n) is 7.31. The maximum atomic E-state index is 5.90. The molecule has 3 heterocycles. The fourth-order valence-electron chi connectivity index (χ4n) is 3.54. The quantitative estimate of drug-likeness (QED) is 0.661. The van der Waals surface area contributed by atoms with Crippen molar-refractivity contribution >= 4 is 23.4 Å². The minimum absolute atomic E-state index is 0.572. The molecule has 5 nitrogen and oxygen atoms in total. The molecule has 0 saturated carbocycles. The molecule has 2 unspecified atom stereocenters. The van der Waals surface area contributed by atoms with Crippen molar-refractivity contribution in [3.05, 3.63) is 6.07 Å². The minimum Gasteiger partial charge on any atom is -0.383 e. The van der Waals surface area contributed by atoms with E-state index in [9.17, 15) is 0 Å². The summed E-state index contributed by atoms with van der Waals surface area (Å²) in [5.41, 5.74) is 5.90. The standard InChI is InChI=1S/C14H23N5S/c1-18-6-3-4-10-9-19(7-5-11(10)18)13-8-12(15)16-14(17-13)20-2/h8,10-11H,3-7,9H2,1-2H3,(H2,15,16,17). The first-order chi connectivity index (χ1) is 9.67. The Bertz CT molecular complexity index is 481. The lowest BCUT2D eigenvalue weighted by molar-refractivity contribution is 0.102. The van der Waals surface area contributed by atoms with E-state index in [1.165, 1.54) is 25.8 Å². The van der Waals surface area contributed by atoms with Crippen LogP contribution in [0.5, 0.6) is 0 Å². The van der Waals surface area contributed by atoms with Gasteiger partial charge in [-0.05, 0) is 45.0 Å². The number of hydrogen-bond donors (Lipinski definition) is 1. The molecule has 0 radical (unpaired) electrons. The van der Waals surface area contributed by atoms with Gasteiger partial charge in [-0.3, -0.25) is 0 Å². The lowest BCUT2D eigenvalue weighted by Gasteiger charge is -2.46. The summed E-state index contributed by atoms with van der Waals surface area (Å²) in [6.45, 7) is 3.41. The van der Waals surface area contributed by atoms with Crippen LogP contribution in [0.4, 0.5) is 11.6 Å². The monoisotopic (exact) mass is 293 g/mol. The van der Waals surface area contributed by atoms with E-state index in [-0.39, 0.29) is 0 Å². The van der Waals surface area contributed by atoms with E-state index in [1.54, 1.807) is 11.8 Å². The molecule has 0 bridgehead atoms. The van der Waals surface area contributed by atoms with Crippen LogP contribution < -0.4 is 10.6 Å². The van der Waals surface area contributed by atoms with Crippen molar-refractivity contribution in [2.75, 3.05) is 43.6 Å². The van der Waals surface area contributed by atoms with Gasteiger partial charge in [0.1, 0.15) is 11.6 Å². The van der Waals surface area contributed by atoms with E-state index < -0.39 is 0 Å². The van der Waals surface area contributed by atoms with Crippen LogP contribution in [0.2, 0.25) is 0 Å². The molecule has 20 heavy (non-hydrogen) atoms. The molecule has 6 heteroatoms. The molecule has 2 atom stereocenters. The minimum atomic E-state index is 0.572. The number of fused-ring (bicyclic) bond motifs is 1. The molecular weight excluding hydrogens is 270 g/mol. The number of likely N-dealkylation sites (tertiary alicyclic amines) is 1. The summed E-state index contributed by atoms with van der Waals surface area (Å²) >= 11 is 1.55. The van der Waals surface area contributed by atoms with Gasteiger partial charge < -0.3 is 15.5 Å². The van der Waals surface area contributed by atoms with Crippen LogP contribution in [0.15, 0.2) is 11.2 Å². The first-order valence-corrected chi connectivity index (χ1v) is 8.53. The van der Waals surface area contributed by atoms with Crippen LogP contribution >= 0.6 is 11.8 Å². The lowest BCUT2D eigenvalue weighted by Crippen LogP contribution is -2.52. The number of piperidine rings is 2. The third-order valence-corrected chi connectivity index (χ3v) is 5.11. The Morgan fingerprint density at radius 2 is 2.15 bits per heavy atom. The van der Waals surface area contributed by atoms with Crippen molar-refractivity contribution in [2.45, 2.75) is 30.5 Å². The highest BCUT2D eigenvalue weighted by Crippen LogP contribution is 2.32. The first kappa shape index (κ1) is 13.9. The molecule has 2 N–H and O–H groups in total. The molecule has 110 valence electrons. The van der Waals surface area contributed by atoms with Crippen LogP contribution in [-0.4, -0.2) is 53.8 Å². The van der Waals surface area contributed by atoms with Gasteiger partial charge in [-0.2, -0.15) is 0 Å². The molecule has 1 aromatic heterocycles. The van der Waals surface area contributed by atoms with Gasteiger partial charge in [-0.25, -0.2) is 9.97 Å². The van der Waals surface area contributed by atoms with Crippen LogP contribution in [0.1, 0.15) is 19.3 Å². The number of thioether (sulfide) groups is 1. The SMILES string of the molecule is CSc1nc(N)cc(N2CCC3C(CCCN3C)C2)n1. The third-order valence-electron chi connectivity index (χ3n) is 4.56. The van der Waals surface area contributed by atoms with Gasteiger partial charge in [0.15, 0.2) is 5.16 Å². The fraction of sp³-hybridized carbons (Fsp3) is 0.714. The Balaban J connectivity index is 1.77. The van der Waals surface area contributed by atoms with Crippen molar-refractivity contribution in [1.82, 2.24) is 14.9 Å². The molecule has 0 spiro atoms. The summed E-state index contributed by atoms with van der Waals surface area (Å²) in [4.78, 5) is 13.8. The van der Waals surface area contributed by atoms with Gasteiger partial charge in [0.2, 0.25) is 0 Å². The smallest absolute Gasteiger partial charge is 0.191 e. The molecule has 2 fully saturated rings. The van der Waals surface area contributed by atoms with E-state index in [4.69, 9.17) is 5.73 Å². The Morgan fingerprint density at radius 3 is 2.95 bits per heavy atom. The molecular formula is C14H23N5S. The lowest BCUT2D eigenvalue weighted by atomic mass is 9.84. The number of anilines is 2. The Kier molecular flexibility index (Phi) is 4.03. The van der Waals surface area contributed by atoms with Crippen LogP contribution in [-0.2, 0) is 0 Å². The van der Waals surface area contributed by atoms with Crippen molar-refractivity contribution in [3.8, 4) is 0 Å². The molecule has 0 aliphatic carbocycles. The van der Waals surface area contributed by atoms with Gasteiger partial charge in [-0.15, -0.1) is 0 Å². The largest absolute Gasteiger partial charge is 0.383 e. The maximum Gasteiger partial charge on any atom is 0.191 e. The van der Waals surface area contributed by atoms with E-state index in [1.807, 2.05) is 12.3 Å². The van der Waals surface area contributed by atoms with Gasteiger partial charge in [0.25, 0.3) is 0 Å². The number of aromatic nitrogens is 2. The highest BCUT2D eigenvalue weighted by molar-refractivity contribution is 7.98. The second kappa shape index (κ2) is 5.77. The molecule has 3 rings (SSSR count). The van der Waals surface area contributed by atoms with Crippen LogP contribution in [0.3, 0.4) is 0 Å². The fourth-order valence-corrected chi connectivity index (χ4v) is 3.93. The normalized spacial score (nSPS) is 27.4. The molecule has 1 aromatic rings. The zero-order valence-corrected chi connectivity index (χ0v) is 13.1. The predicted octanol–water partition coefficient (Wildman–Crippen LogP) is 1.70. The summed E-state index contributed by atoms with van der Waals surface area (Å²) in [7, 11) is 2.26. The van der Waals surface area contributed by atoms with E-state index in [2.05, 4.69) is 26.8 Å². The summed E-state index contributed by atoms with van der Waals surface area (Å²) in [6.07, 6.45) is 5.86. The molecule has 2 aliphatic heterocycles. The van der Waals surface area contributed by atoms with Crippen molar-refractivity contribution in [2.24, 2.45) is 5.92 Å². The summed E-state index contributed by atoms with van der Waals surface area (Å²) < 4.78 is 0. The topological polar surface area (TPSA) is 58.3 Å². The second-order valence-corrected chi connectivity index (χ2v) is 6.60. The van der Waals surface area contributed by atoms with E-state index >= 15 is 0 Å². The molecule has 0 aromatic carbocycles. The maximum absolute atomic E-state index is 5.90. The van der Waals surface area contributed by atoms with Gasteiger partial charge in [0, 0.05) is 25.2 Å². The molecule has 2 aliphatic rings. The van der Waals surface area contributed by atoms with Crippen molar-refractivity contribution in [3.63, 3.8) is 0 Å². The summed E-state index contributed by atoms with van der Waals surface area (Å²) in [5, 5.41) is 0.767. The number of rotatable bonds is 2. The van der Waals surface area contributed by atoms with Gasteiger partial charge in [0.05, 0.1) is 0 Å². The van der Waals surface area contributed by atoms with Crippen molar-refractivity contribution < 1.29 is 0 Å². The van der Waals surface area contributed by atoms with E-state index in [0.29, 0.717) is 5.82 Å². The second-order valence-electron chi connectivity index (χ2n) is 5.82. The number of nitrogens with zero attached hydrogens (tertiary/aromatic N) is 4. The Labute approximate surface area is 124 Å². The zero-order valence-electron chi connectivity index (χ0n) is 12.2. The average molecular weight is 293 g/mol. The summed E-state index contributed by atoms with van der Waals surface area (Å²) in [6, 6.07) is 2.66. The molecule has 0 amide bonds. The molecule has 2 saturated heterocycles. The predicted molar refractivity (Wildman–Crippen MR) is 84.2 cm³/mol. The number of nitrogen functional groups attached to an aromatic ring is 1. The Morgan fingerprint density at radius 1 is 1.30 bits per heavy atom. The third kappa shape index (κ3) is 2.72. The van der Waals surface area contributed by atoms with Crippen LogP contribution in [0.25, 0.3) is 0 Å². The Hall–Kier alpha value is -1.01. The number of hydrogen-bond acceptors (Lipinski definition) is 6. The van der Waals surface area contributed by atoms with Gasteiger partial charge >= 0.3 is 0 Å². The summed E-state index contributed by atoms with van der Waals surface area (Å²) in [5.74, 6) is 2.33.